The molecular weight excluding hydrogens is 586 g/mol. The van der Waals surface area contributed by atoms with Gasteiger partial charge in [-0.2, -0.15) is 0 Å². The van der Waals surface area contributed by atoms with Crippen LogP contribution < -0.4 is 16.0 Å². The summed E-state index contributed by atoms with van der Waals surface area (Å²) in [5.74, 6) is -0.0921. The first-order valence-corrected chi connectivity index (χ1v) is 15.9. The van der Waals surface area contributed by atoms with Gasteiger partial charge in [0.2, 0.25) is 0 Å². The van der Waals surface area contributed by atoms with Crippen molar-refractivity contribution in [1.82, 2.24) is 20.5 Å². The van der Waals surface area contributed by atoms with E-state index < -0.39 is 6.09 Å². The third kappa shape index (κ3) is 10.5. The highest BCUT2D eigenvalue weighted by Crippen LogP contribution is 2.22. The maximum atomic E-state index is 12.9. The van der Waals surface area contributed by atoms with Crippen molar-refractivity contribution in [3.63, 3.8) is 0 Å². The van der Waals surface area contributed by atoms with Crippen LogP contribution in [0.4, 0.5) is 10.5 Å². The Morgan fingerprint density at radius 3 is 2.44 bits per heavy atom. The number of thiazole rings is 1. The van der Waals surface area contributed by atoms with Crippen molar-refractivity contribution in [3.05, 3.63) is 117 Å². The summed E-state index contributed by atoms with van der Waals surface area (Å²) in [6.45, 7) is 8.56. The standard InChI is InChI=1S/C35H41N5O4S/c1-24(2)30-16-27(17-31(19-30)39-35(43)44-22-26-10-6-5-7-11-26)20-36-14-9-15-37-33(41)28-12-8-13-29(18-28)34(42)40(4)21-32-38-25(3)23-45-32/h5-8,10-13,16-19,23-24,36H,9,14-15,20-22H2,1-4H3,(H,37,41)(H,39,43). The predicted octanol–water partition coefficient (Wildman–Crippen LogP) is 6.51. The van der Waals surface area contributed by atoms with Crippen LogP contribution in [0.5, 0.6) is 0 Å². The summed E-state index contributed by atoms with van der Waals surface area (Å²) >= 11 is 1.52. The fourth-order valence-electron chi connectivity index (χ4n) is 4.62. The quantitative estimate of drug-likeness (QED) is 0.138. The smallest absolute Gasteiger partial charge is 0.411 e. The summed E-state index contributed by atoms with van der Waals surface area (Å²) in [6, 6.07) is 22.4. The fourth-order valence-corrected chi connectivity index (χ4v) is 5.44. The van der Waals surface area contributed by atoms with Crippen LogP contribution in [0.3, 0.4) is 0 Å². The van der Waals surface area contributed by atoms with E-state index >= 15 is 0 Å². The van der Waals surface area contributed by atoms with E-state index in [9.17, 15) is 14.4 Å². The van der Waals surface area contributed by atoms with Crippen LogP contribution in [0.1, 0.15) is 74.3 Å². The van der Waals surface area contributed by atoms with Crippen molar-refractivity contribution in [2.24, 2.45) is 0 Å². The van der Waals surface area contributed by atoms with Gasteiger partial charge < -0.3 is 20.3 Å². The van der Waals surface area contributed by atoms with Crippen molar-refractivity contribution in [1.29, 1.82) is 0 Å². The Bertz CT molecular complexity index is 1590. The summed E-state index contributed by atoms with van der Waals surface area (Å²) in [6.07, 6.45) is 0.225. The van der Waals surface area contributed by atoms with Gasteiger partial charge in [0.1, 0.15) is 11.6 Å². The van der Waals surface area contributed by atoms with Crippen molar-refractivity contribution >= 4 is 34.9 Å². The number of hydrogen-bond acceptors (Lipinski definition) is 7. The second-order valence-corrected chi connectivity index (χ2v) is 12.2. The molecule has 236 valence electrons. The number of rotatable bonds is 14. The van der Waals surface area contributed by atoms with Crippen LogP contribution in [-0.4, -0.2) is 47.9 Å². The third-order valence-corrected chi connectivity index (χ3v) is 7.99. The Morgan fingerprint density at radius 2 is 1.71 bits per heavy atom. The lowest BCUT2D eigenvalue weighted by Gasteiger charge is -2.16. The molecule has 4 rings (SSSR count). The van der Waals surface area contributed by atoms with Crippen LogP contribution in [0.2, 0.25) is 0 Å². The zero-order valence-electron chi connectivity index (χ0n) is 26.3. The number of aromatic nitrogens is 1. The molecule has 1 heterocycles. The first-order valence-electron chi connectivity index (χ1n) is 15.0. The predicted molar refractivity (Wildman–Crippen MR) is 179 cm³/mol. The summed E-state index contributed by atoms with van der Waals surface area (Å²) in [5.41, 5.74) is 5.61. The number of carbonyl (C=O) groups is 3. The number of ether oxygens (including phenoxy) is 1. The Balaban J connectivity index is 1.21. The highest BCUT2D eigenvalue weighted by Gasteiger charge is 2.16. The Hall–Kier alpha value is -4.54. The molecule has 0 radical (unpaired) electrons. The number of carbonyl (C=O) groups excluding carboxylic acids is 3. The van der Waals surface area contributed by atoms with E-state index in [4.69, 9.17) is 4.74 Å². The van der Waals surface area contributed by atoms with E-state index in [1.807, 2.05) is 54.8 Å². The van der Waals surface area contributed by atoms with Crippen molar-refractivity contribution in [2.75, 3.05) is 25.5 Å². The molecule has 1 aromatic heterocycles. The van der Waals surface area contributed by atoms with Crippen LogP contribution in [-0.2, 0) is 24.4 Å². The van der Waals surface area contributed by atoms with Gasteiger partial charge in [-0.15, -0.1) is 11.3 Å². The SMILES string of the molecule is Cc1csc(CN(C)C(=O)c2cccc(C(=O)NCCCNCc3cc(NC(=O)OCc4ccccc4)cc(C(C)C)c3)c2)n1. The average Bonchev–Trinajstić information content (AvgIpc) is 3.45. The van der Waals surface area contributed by atoms with E-state index in [0.717, 1.165) is 33.8 Å². The van der Waals surface area contributed by atoms with E-state index in [2.05, 4.69) is 40.8 Å². The summed E-state index contributed by atoms with van der Waals surface area (Å²) in [4.78, 5) is 44.2. The molecule has 10 heteroatoms. The molecule has 0 unspecified atom stereocenters. The number of anilines is 1. The zero-order chi connectivity index (χ0) is 32.2. The van der Waals surface area contributed by atoms with E-state index in [0.29, 0.717) is 43.0 Å². The lowest BCUT2D eigenvalue weighted by Crippen LogP contribution is -2.28. The first-order chi connectivity index (χ1) is 21.7. The lowest BCUT2D eigenvalue weighted by atomic mass is 9.99. The van der Waals surface area contributed by atoms with Gasteiger partial charge in [0, 0.05) is 48.0 Å². The maximum Gasteiger partial charge on any atom is 0.411 e. The Labute approximate surface area is 269 Å². The Morgan fingerprint density at radius 1 is 0.933 bits per heavy atom. The minimum atomic E-state index is -0.498. The minimum absolute atomic E-state index is 0.161. The number of amides is 3. The van der Waals surface area contributed by atoms with E-state index in [-0.39, 0.29) is 24.3 Å². The molecule has 0 spiro atoms. The van der Waals surface area contributed by atoms with Crippen LogP contribution in [0, 0.1) is 6.92 Å². The molecule has 0 bridgehead atoms. The number of nitrogens with one attached hydrogen (secondary N) is 3. The highest BCUT2D eigenvalue weighted by atomic mass is 32.1. The van der Waals surface area contributed by atoms with Crippen LogP contribution in [0.25, 0.3) is 0 Å². The molecule has 9 nitrogen and oxygen atoms in total. The molecule has 3 amide bonds. The minimum Gasteiger partial charge on any atom is -0.444 e. The third-order valence-electron chi connectivity index (χ3n) is 7.04. The molecule has 0 atom stereocenters. The Kier molecular flexibility index (Phi) is 12.2. The summed E-state index contributed by atoms with van der Waals surface area (Å²) in [5, 5.41) is 12.0. The van der Waals surface area contributed by atoms with Gasteiger partial charge in [0.25, 0.3) is 11.8 Å². The number of hydrogen-bond donors (Lipinski definition) is 3. The van der Waals surface area contributed by atoms with Gasteiger partial charge in [-0.3, -0.25) is 14.9 Å². The zero-order valence-corrected chi connectivity index (χ0v) is 27.1. The molecule has 0 saturated heterocycles. The topological polar surface area (TPSA) is 113 Å². The highest BCUT2D eigenvalue weighted by molar-refractivity contribution is 7.09. The summed E-state index contributed by atoms with van der Waals surface area (Å²) < 4.78 is 5.38. The van der Waals surface area contributed by atoms with Crippen LogP contribution >= 0.6 is 11.3 Å². The molecule has 0 saturated carbocycles. The van der Waals surface area contributed by atoms with Crippen LogP contribution in [0.15, 0.2) is 78.2 Å². The number of benzene rings is 3. The number of nitrogens with zero attached hydrogens (tertiary/aromatic N) is 2. The second-order valence-electron chi connectivity index (χ2n) is 11.2. The summed E-state index contributed by atoms with van der Waals surface area (Å²) in [7, 11) is 1.73. The van der Waals surface area contributed by atoms with Gasteiger partial charge in [-0.1, -0.05) is 56.3 Å². The monoisotopic (exact) mass is 627 g/mol. The molecule has 0 fully saturated rings. The average molecular weight is 628 g/mol. The van der Waals surface area contributed by atoms with Gasteiger partial charge in [0.15, 0.2) is 0 Å². The number of aryl methyl sites for hydroxylation is 1. The molecule has 3 aromatic carbocycles. The van der Waals surface area contributed by atoms with E-state index in [1.54, 1.807) is 36.2 Å². The largest absolute Gasteiger partial charge is 0.444 e. The van der Waals surface area contributed by atoms with Gasteiger partial charge in [-0.05, 0) is 72.8 Å². The van der Waals surface area contributed by atoms with Crippen molar-refractivity contribution in [2.45, 2.75) is 52.8 Å². The lowest BCUT2D eigenvalue weighted by molar-refractivity contribution is 0.0785. The van der Waals surface area contributed by atoms with Crippen molar-refractivity contribution in [3.8, 4) is 0 Å². The molecule has 45 heavy (non-hydrogen) atoms. The van der Waals surface area contributed by atoms with Gasteiger partial charge in [0.05, 0.1) is 6.54 Å². The van der Waals surface area contributed by atoms with Gasteiger partial charge >= 0.3 is 6.09 Å². The molecule has 0 aliphatic rings. The molecular formula is C35H41N5O4S. The maximum absolute atomic E-state index is 12.9. The second kappa shape index (κ2) is 16.5. The molecule has 3 N–H and O–H groups in total. The normalized spacial score (nSPS) is 10.9. The van der Waals surface area contributed by atoms with E-state index in [1.165, 1.54) is 11.3 Å². The van der Waals surface area contributed by atoms with Crippen molar-refractivity contribution < 1.29 is 19.1 Å². The molecule has 0 aliphatic carbocycles. The first kappa shape index (κ1) is 33.4. The molecule has 4 aromatic rings. The van der Waals surface area contributed by atoms with Gasteiger partial charge in [-0.25, -0.2) is 9.78 Å². The molecule has 0 aliphatic heterocycles. The fraction of sp³-hybridized carbons (Fsp3) is 0.314.